The summed E-state index contributed by atoms with van der Waals surface area (Å²) in [5.41, 5.74) is 1.81. The van der Waals surface area contributed by atoms with Crippen LogP contribution in [0.25, 0.3) is 0 Å². The van der Waals surface area contributed by atoms with Crippen LogP contribution in [0.15, 0.2) is 36.4 Å². The molecule has 0 spiro atoms. The van der Waals surface area contributed by atoms with E-state index < -0.39 is 5.97 Å². The fourth-order valence-electron chi connectivity index (χ4n) is 2.08. The largest absolute Gasteiger partial charge is 0.477 e. The third-order valence-electron chi connectivity index (χ3n) is 3.10. The summed E-state index contributed by atoms with van der Waals surface area (Å²) in [6, 6.07) is 10.7. The van der Waals surface area contributed by atoms with Crippen LogP contribution >= 0.6 is 0 Å². The molecular formula is C15H14N2O4. The summed E-state index contributed by atoms with van der Waals surface area (Å²) in [5, 5.41) is 12.1. The van der Waals surface area contributed by atoms with Gasteiger partial charge in [0, 0.05) is 13.1 Å². The summed E-state index contributed by atoms with van der Waals surface area (Å²) >= 11 is 0. The minimum Gasteiger partial charge on any atom is -0.477 e. The highest BCUT2D eigenvalue weighted by Gasteiger charge is 2.12. The number of carboxylic acids is 1. The van der Waals surface area contributed by atoms with Gasteiger partial charge in [0.15, 0.2) is 11.5 Å². The van der Waals surface area contributed by atoms with Gasteiger partial charge in [0.05, 0.1) is 5.69 Å². The summed E-state index contributed by atoms with van der Waals surface area (Å²) in [5.74, 6) is 0.488. The molecule has 21 heavy (non-hydrogen) atoms. The number of fused-ring (bicyclic) bond motifs is 1. The lowest BCUT2D eigenvalue weighted by Crippen LogP contribution is -2.14. The van der Waals surface area contributed by atoms with Gasteiger partial charge in [-0.05, 0) is 29.8 Å². The molecule has 2 heterocycles. The van der Waals surface area contributed by atoms with E-state index in [4.69, 9.17) is 14.6 Å². The van der Waals surface area contributed by atoms with E-state index in [9.17, 15) is 4.79 Å². The smallest absolute Gasteiger partial charge is 0.354 e. The molecule has 1 aliphatic rings. The van der Waals surface area contributed by atoms with Crippen LogP contribution in [0.4, 0.5) is 0 Å². The molecule has 0 amide bonds. The number of rotatable bonds is 5. The predicted octanol–water partition coefficient (Wildman–Crippen LogP) is 1.80. The Kier molecular flexibility index (Phi) is 3.70. The standard InChI is InChI=1S/C15H14N2O4/c18-15(19)12-3-1-2-11(17-12)8-16-7-10-4-5-13-14(6-10)21-9-20-13/h1-6,16H,7-9H2,(H,18,19). The van der Waals surface area contributed by atoms with Crippen LogP contribution in [0.3, 0.4) is 0 Å². The second kappa shape index (κ2) is 5.80. The Balaban J connectivity index is 1.59. The van der Waals surface area contributed by atoms with E-state index in [0.717, 1.165) is 17.1 Å². The van der Waals surface area contributed by atoms with Crippen molar-refractivity contribution in [3.8, 4) is 11.5 Å². The number of pyridine rings is 1. The number of hydrogen-bond acceptors (Lipinski definition) is 5. The molecule has 0 radical (unpaired) electrons. The number of carboxylic acid groups (broad SMARTS) is 1. The topological polar surface area (TPSA) is 80.7 Å². The Labute approximate surface area is 121 Å². The maximum absolute atomic E-state index is 10.8. The van der Waals surface area contributed by atoms with Crippen molar-refractivity contribution in [3.05, 3.63) is 53.3 Å². The van der Waals surface area contributed by atoms with Crippen molar-refractivity contribution in [1.29, 1.82) is 0 Å². The number of benzene rings is 1. The van der Waals surface area contributed by atoms with Gasteiger partial charge in [-0.1, -0.05) is 12.1 Å². The van der Waals surface area contributed by atoms with Crippen LogP contribution in [0, 0.1) is 0 Å². The van der Waals surface area contributed by atoms with E-state index in [1.54, 1.807) is 12.1 Å². The molecule has 0 unspecified atom stereocenters. The normalized spacial score (nSPS) is 12.4. The van der Waals surface area contributed by atoms with Gasteiger partial charge in [-0.2, -0.15) is 0 Å². The molecule has 3 rings (SSSR count). The maximum Gasteiger partial charge on any atom is 0.354 e. The molecule has 0 saturated carbocycles. The molecule has 0 saturated heterocycles. The Hall–Kier alpha value is -2.60. The van der Waals surface area contributed by atoms with E-state index >= 15 is 0 Å². The third-order valence-corrected chi connectivity index (χ3v) is 3.10. The van der Waals surface area contributed by atoms with Gasteiger partial charge < -0.3 is 19.9 Å². The van der Waals surface area contributed by atoms with E-state index in [2.05, 4.69) is 10.3 Å². The summed E-state index contributed by atoms with van der Waals surface area (Å²) in [7, 11) is 0. The molecule has 2 aromatic rings. The lowest BCUT2D eigenvalue weighted by molar-refractivity contribution is 0.0690. The molecule has 0 aliphatic carbocycles. The fourth-order valence-corrected chi connectivity index (χ4v) is 2.08. The van der Waals surface area contributed by atoms with Crippen LogP contribution in [0.1, 0.15) is 21.7 Å². The molecule has 1 aromatic heterocycles. The van der Waals surface area contributed by atoms with Crippen molar-refractivity contribution in [3.63, 3.8) is 0 Å². The summed E-state index contributed by atoms with van der Waals surface area (Å²) in [6.45, 7) is 1.39. The summed E-state index contributed by atoms with van der Waals surface area (Å²) in [4.78, 5) is 14.9. The lowest BCUT2D eigenvalue weighted by atomic mass is 10.2. The van der Waals surface area contributed by atoms with Gasteiger partial charge in [0.25, 0.3) is 0 Å². The van der Waals surface area contributed by atoms with Gasteiger partial charge in [-0.15, -0.1) is 0 Å². The first-order valence-electron chi connectivity index (χ1n) is 6.51. The van der Waals surface area contributed by atoms with Crippen molar-refractivity contribution in [2.45, 2.75) is 13.1 Å². The van der Waals surface area contributed by atoms with Crippen molar-refractivity contribution in [2.75, 3.05) is 6.79 Å². The predicted molar refractivity (Wildman–Crippen MR) is 74.3 cm³/mol. The average molecular weight is 286 g/mol. The molecule has 0 atom stereocenters. The molecule has 0 bridgehead atoms. The zero-order valence-corrected chi connectivity index (χ0v) is 11.2. The highest BCUT2D eigenvalue weighted by molar-refractivity contribution is 5.85. The Morgan fingerprint density at radius 3 is 2.90 bits per heavy atom. The zero-order chi connectivity index (χ0) is 14.7. The van der Waals surface area contributed by atoms with Crippen LogP contribution in [0.5, 0.6) is 11.5 Å². The monoisotopic (exact) mass is 286 g/mol. The van der Waals surface area contributed by atoms with Gasteiger partial charge in [-0.25, -0.2) is 9.78 Å². The Bertz CT molecular complexity index is 672. The van der Waals surface area contributed by atoms with Gasteiger partial charge in [0.1, 0.15) is 5.69 Å². The minimum absolute atomic E-state index is 0.0531. The summed E-state index contributed by atoms with van der Waals surface area (Å²) in [6.07, 6.45) is 0. The number of hydrogen-bond donors (Lipinski definition) is 2. The van der Waals surface area contributed by atoms with Gasteiger partial charge in [0.2, 0.25) is 6.79 Å². The van der Waals surface area contributed by atoms with Crippen molar-refractivity contribution in [1.82, 2.24) is 10.3 Å². The second-order valence-electron chi connectivity index (χ2n) is 4.61. The zero-order valence-electron chi connectivity index (χ0n) is 11.2. The SMILES string of the molecule is O=C(O)c1cccc(CNCc2ccc3c(c2)OCO3)n1. The van der Waals surface area contributed by atoms with E-state index in [1.165, 1.54) is 6.07 Å². The van der Waals surface area contributed by atoms with Gasteiger partial charge >= 0.3 is 5.97 Å². The fraction of sp³-hybridized carbons (Fsp3) is 0.200. The number of carbonyl (C=O) groups is 1. The molecular weight excluding hydrogens is 272 g/mol. The molecule has 1 aromatic carbocycles. The van der Waals surface area contributed by atoms with Crippen LogP contribution in [0.2, 0.25) is 0 Å². The Morgan fingerprint density at radius 2 is 2.05 bits per heavy atom. The number of nitrogens with one attached hydrogen (secondary N) is 1. The average Bonchev–Trinajstić information content (AvgIpc) is 2.95. The Morgan fingerprint density at radius 1 is 1.19 bits per heavy atom. The van der Waals surface area contributed by atoms with Crippen molar-refractivity contribution >= 4 is 5.97 Å². The van der Waals surface area contributed by atoms with E-state index in [-0.39, 0.29) is 12.5 Å². The van der Waals surface area contributed by atoms with E-state index in [0.29, 0.717) is 18.8 Å². The molecule has 0 fully saturated rings. The summed E-state index contributed by atoms with van der Waals surface area (Å²) < 4.78 is 10.6. The number of nitrogens with zero attached hydrogens (tertiary/aromatic N) is 1. The minimum atomic E-state index is -1.02. The quantitative estimate of drug-likeness (QED) is 0.872. The first kappa shape index (κ1) is 13.4. The van der Waals surface area contributed by atoms with Crippen LogP contribution < -0.4 is 14.8 Å². The molecule has 6 nitrogen and oxygen atoms in total. The first-order chi connectivity index (χ1) is 10.2. The number of ether oxygens (including phenoxy) is 2. The number of aromatic nitrogens is 1. The molecule has 6 heteroatoms. The highest BCUT2D eigenvalue weighted by Crippen LogP contribution is 2.32. The van der Waals surface area contributed by atoms with Crippen LogP contribution in [-0.2, 0) is 13.1 Å². The molecule has 1 aliphatic heterocycles. The van der Waals surface area contributed by atoms with E-state index in [1.807, 2.05) is 18.2 Å². The highest BCUT2D eigenvalue weighted by atomic mass is 16.7. The molecule has 2 N–H and O–H groups in total. The molecule has 108 valence electrons. The van der Waals surface area contributed by atoms with Crippen LogP contribution in [-0.4, -0.2) is 22.9 Å². The number of aromatic carboxylic acids is 1. The third kappa shape index (κ3) is 3.11. The first-order valence-corrected chi connectivity index (χ1v) is 6.51. The van der Waals surface area contributed by atoms with Crippen molar-refractivity contribution in [2.24, 2.45) is 0 Å². The second-order valence-corrected chi connectivity index (χ2v) is 4.61. The van der Waals surface area contributed by atoms with Gasteiger partial charge in [-0.3, -0.25) is 0 Å². The van der Waals surface area contributed by atoms with Crippen molar-refractivity contribution < 1.29 is 19.4 Å². The lowest BCUT2D eigenvalue weighted by Gasteiger charge is -2.06. The maximum atomic E-state index is 10.8.